The molecule has 118 valence electrons. The van der Waals surface area contributed by atoms with Gasteiger partial charge in [-0.15, -0.1) is 0 Å². The highest BCUT2D eigenvalue weighted by molar-refractivity contribution is 6.30. The number of anilines is 1. The Kier molecular flexibility index (Phi) is 3.21. The summed E-state index contributed by atoms with van der Waals surface area (Å²) in [5.74, 6) is 0.497. The fourth-order valence-electron chi connectivity index (χ4n) is 2.61. The van der Waals surface area contributed by atoms with Crippen LogP contribution in [0.4, 0.5) is 5.69 Å². The van der Waals surface area contributed by atoms with Crippen molar-refractivity contribution in [1.82, 2.24) is 19.6 Å². The van der Waals surface area contributed by atoms with Gasteiger partial charge < -0.3 is 4.42 Å². The van der Waals surface area contributed by atoms with Crippen LogP contribution in [-0.4, -0.2) is 32.1 Å². The second-order valence-electron chi connectivity index (χ2n) is 5.36. The van der Waals surface area contributed by atoms with E-state index in [0.717, 1.165) is 5.76 Å². The summed E-state index contributed by atoms with van der Waals surface area (Å²) in [7, 11) is 0. The summed E-state index contributed by atoms with van der Waals surface area (Å²) < 4.78 is 6.91. The van der Waals surface area contributed by atoms with E-state index in [0.29, 0.717) is 22.9 Å². The van der Waals surface area contributed by atoms with Crippen molar-refractivity contribution >= 4 is 40.4 Å². The molecule has 0 saturated heterocycles. The Morgan fingerprint density at radius 2 is 2.26 bits per heavy atom. The zero-order chi connectivity index (χ0) is 16.1. The molecule has 0 aliphatic carbocycles. The van der Waals surface area contributed by atoms with Gasteiger partial charge in [0, 0.05) is 24.2 Å². The third-order valence-corrected chi connectivity index (χ3v) is 4.02. The number of nitrogens with zero attached hydrogens (tertiary/aromatic N) is 4. The monoisotopic (exact) mass is 351 g/mol. The molecule has 1 N–H and O–H groups in total. The van der Waals surface area contributed by atoms with E-state index in [-0.39, 0.29) is 22.7 Å². The highest BCUT2D eigenvalue weighted by atomic mass is 35.5. The molecule has 4 heterocycles. The molecule has 1 aliphatic rings. The maximum Gasteiger partial charge on any atom is 0.292 e. The average molecular weight is 352 g/mol. The number of aromatic nitrogens is 3. The molecule has 1 aliphatic heterocycles. The Labute approximate surface area is 140 Å². The molecule has 1 unspecified atom stereocenters. The normalized spacial score (nSPS) is 17.2. The van der Waals surface area contributed by atoms with E-state index >= 15 is 0 Å². The summed E-state index contributed by atoms with van der Waals surface area (Å²) in [6, 6.07) is 3.26. The third kappa shape index (κ3) is 2.42. The first kappa shape index (κ1) is 14.3. The lowest BCUT2D eigenvalue weighted by molar-refractivity contribution is 0.0769. The minimum absolute atomic E-state index is 0.0206. The number of fused-ring (bicyclic) bond motifs is 2. The van der Waals surface area contributed by atoms with Gasteiger partial charge in [0.2, 0.25) is 0 Å². The Morgan fingerprint density at radius 1 is 1.43 bits per heavy atom. The van der Waals surface area contributed by atoms with E-state index in [1.807, 2.05) is 6.92 Å². The third-order valence-electron chi connectivity index (χ3n) is 3.64. The van der Waals surface area contributed by atoms with Crippen LogP contribution in [0.5, 0.6) is 0 Å². The molecule has 0 spiro atoms. The number of hydrazine groups is 1. The van der Waals surface area contributed by atoms with Crippen molar-refractivity contribution in [3.63, 3.8) is 0 Å². The van der Waals surface area contributed by atoms with Gasteiger partial charge >= 0.3 is 0 Å². The minimum atomic E-state index is -0.263. The van der Waals surface area contributed by atoms with E-state index < -0.39 is 0 Å². The predicted molar refractivity (Wildman–Crippen MR) is 84.8 cm³/mol. The van der Waals surface area contributed by atoms with Gasteiger partial charge in [-0.05, 0) is 11.6 Å². The zero-order valence-corrected chi connectivity index (χ0v) is 13.5. The van der Waals surface area contributed by atoms with Crippen LogP contribution in [-0.2, 0) is 0 Å². The van der Waals surface area contributed by atoms with Gasteiger partial charge in [-0.25, -0.2) is 9.50 Å². The molecule has 3 aromatic rings. The molecule has 0 aromatic carbocycles. The lowest BCUT2D eigenvalue weighted by atomic mass is 10.1. The first-order chi connectivity index (χ1) is 11.0. The van der Waals surface area contributed by atoms with E-state index in [4.69, 9.17) is 27.6 Å². The van der Waals surface area contributed by atoms with Gasteiger partial charge in [0.25, 0.3) is 5.91 Å². The minimum Gasteiger partial charge on any atom is -0.447 e. The van der Waals surface area contributed by atoms with Crippen molar-refractivity contribution < 1.29 is 9.21 Å². The largest absolute Gasteiger partial charge is 0.447 e. The lowest BCUT2D eigenvalue weighted by Crippen LogP contribution is -2.42. The molecule has 23 heavy (non-hydrogen) atoms. The number of carbonyl (C=O) groups is 1. The Morgan fingerprint density at radius 3 is 3.09 bits per heavy atom. The summed E-state index contributed by atoms with van der Waals surface area (Å²) in [5, 5.41) is 6.45. The molecular formula is C14H11Cl2N5O2. The van der Waals surface area contributed by atoms with Gasteiger partial charge in [-0.2, -0.15) is 5.10 Å². The van der Waals surface area contributed by atoms with E-state index in [1.54, 1.807) is 18.3 Å². The number of rotatable bonds is 1. The molecule has 1 atom stereocenters. The SMILES string of the molecule is CC1CN(C(=O)c2cc3ncc(Cl)cn3n2)Nc2cc(Cl)oc21. The van der Waals surface area contributed by atoms with Crippen molar-refractivity contribution in [2.45, 2.75) is 12.8 Å². The number of nitrogens with one attached hydrogen (secondary N) is 1. The van der Waals surface area contributed by atoms with E-state index in [2.05, 4.69) is 15.5 Å². The Hall–Kier alpha value is -2.25. The maximum atomic E-state index is 12.7. The fraction of sp³-hybridized carbons (Fsp3) is 0.214. The number of carbonyl (C=O) groups excluding carboxylic acids is 1. The first-order valence-corrected chi connectivity index (χ1v) is 7.65. The number of halogens is 2. The predicted octanol–water partition coefficient (Wildman–Crippen LogP) is 3.22. The lowest BCUT2D eigenvalue weighted by Gasteiger charge is -2.30. The van der Waals surface area contributed by atoms with Gasteiger partial charge in [-0.3, -0.25) is 15.2 Å². The van der Waals surface area contributed by atoms with Gasteiger partial charge in [0.15, 0.2) is 16.6 Å². The standard InChI is InChI=1S/C14H11Cl2N5O2/c1-7-5-21(18-9-2-11(16)23-13(7)9)14(22)10-3-12-17-4-8(15)6-20(12)19-10/h2-4,6-7,18H,5H2,1H3. The highest BCUT2D eigenvalue weighted by Gasteiger charge is 2.30. The summed E-state index contributed by atoms with van der Waals surface area (Å²) in [6.45, 7) is 2.41. The average Bonchev–Trinajstić information content (AvgIpc) is 3.08. The quantitative estimate of drug-likeness (QED) is 0.728. The van der Waals surface area contributed by atoms with Gasteiger partial charge in [0.05, 0.1) is 23.5 Å². The molecule has 3 aromatic heterocycles. The molecule has 1 amide bonds. The smallest absolute Gasteiger partial charge is 0.292 e. The Balaban J connectivity index is 1.66. The number of hydrogen-bond donors (Lipinski definition) is 1. The number of amides is 1. The first-order valence-electron chi connectivity index (χ1n) is 6.90. The molecule has 0 saturated carbocycles. The van der Waals surface area contributed by atoms with E-state index in [1.165, 1.54) is 15.7 Å². The summed E-state index contributed by atoms with van der Waals surface area (Å²) in [6.07, 6.45) is 3.11. The maximum absolute atomic E-state index is 12.7. The van der Waals surface area contributed by atoms with Crippen molar-refractivity contribution in [3.05, 3.63) is 46.2 Å². The van der Waals surface area contributed by atoms with Gasteiger partial charge in [0.1, 0.15) is 5.76 Å². The highest BCUT2D eigenvalue weighted by Crippen LogP contribution is 2.35. The summed E-state index contributed by atoms with van der Waals surface area (Å²) >= 11 is 11.8. The van der Waals surface area contributed by atoms with Crippen LogP contribution in [0.2, 0.25) is 10.2 Å². The van der Waals surface area contributed by atoms with Crippen molar-refractivity contribution in [2.75, 3.05) is 12.0 Å². The Bertz CT molecular complexity index is 919. The van der Waals surface area contributed by atoms with Crippen LogP contribution in [0.1, 0.15) is 29.1 Å². The van der Waals surface area contributed by atoms with Gasteiger partial charge in [-0.1, -0.05) is 18.5 Å². The number of furan rings is 1. The molecule has 0 fully saturated rings. The van der Waals surface area contributed by atoms with E-state index in [9.17, 15) is 4.79 Å². The topological polar surface area (TPSA) is 75.7 Å². The number of hydrogen-bond acceptors (Lipinski definition) is 5. The molecular weight excluding hydrogens is 341 g/mol. The zero-order valence-electron chi connectivity index (χ0n) is 12.0. The molecule has 9 heteroatoms. The van der Waals surface area contributed by atoms with Crippen molar-refractivity contribution in [3.8, 4) is 0 Å². The van der Waals surface area contributed by atoms with Crippen molar-refractivity contribution in [2.24, 2.45) is 0 Å². The van der Waals surface area contributed by atoms with Crippen LogP contribution >= 0.6 is 23.2 Å². The molecule has 7 nitrogen and oxygen atoms in total. The van der Waals surface area contributed by atoms with Crippen LogP contribution < -0.4 is 5.43 Å². The van der Waals surface area contributed by atoms with Crippen molar-refractivity contribution in [1.29, 1.82) is 0 Å². The second kappa shape index (κ2) is 5.14. The summed E-state index contributed by atoms with van der Waals surface area (Å²) in [4.78, 5) is 16.8. The molecule has 0 radical (unpaired) electrons. The van der Waals surface area contributed by atoms with Crippen LogP contribution in [0.25, 0.3) is 5.65 Å². The van der Waals surface area contributed by atoms with Crippen LogP contribution in [0.15, 0.2) is 28.9 Å². The fourth-order valence-corrected chi connectivity index (χ4v) is 2.94. The van der Waals surface area contributed by atoms with Crippen LogP contribution in [0, 0.1) is 0 Å². The summed E-state index contributed by atoms with van der Waals surface area (Å²) in [5.41, 5.74) is 4.53. The van der Waals surface area contributed by atoms with Crippen LogP contribution in [0.3, 0.4) is 0 Å². The second-order valence-corrected chi connectivity index (χ2v) is 6.17. The molecule has 0 bridgehead atoms. The molecule has 4 rings (SSSR count).